The molecule has 0 radical (unpaired) electrons. The quantitative estimate of drug-likeness (QED) is 0.774. The van der Waals surface area contributed by atoms with Gasteiger partial charge in [0.05, 0.1) is 5.69 Å². The van der Waals surface area contributed by atoms with E-state index in [1.165, 1.54) is 23.4 Å². The third-order valence-corrected chi connectivity index (χ3v) is 4.88. The maximum atomic E-state index is 13.1. The van der Waals surface area contributed by atoms with Crippen LogP contribution in [-0.4, -0.2) is 47.2 Å². The van der Waals surface area contributed by atoms with Crippen molar-refractivity contribution < 1.29 is 9.18 Å². The average molecular weight is 364 g/mol. The molecule has 138 valence electrons. The summed E-state index contributed by atoms with van der Waals surface area (Å²) in [5.41, 5.74) is 4.30. The number of carbonyl (C=O) groups is 1. The number of rotatable bonds is 3. The number of hydrogen-bond acceptors (Lipinski definition) is 3. The van der Waals surface area contributed by atoms with Crippen LogP contribution in [0.5, 0.6) is 0 Å². The number of hydrogen-bond donors (Lipinski definition) is 1. The Hall–Kier alpha value is -3.15. The second-order valence-corrected chi connectivity index (χ2v) is 6.79. The van der Waals surface area contributed by atoms with Crippen molar-refractivity contribution in [3.05, 3.63) is 71.7 Å². The Morgan fingerprint density at radius 1 is 1.04 bits per heavy atom. The van der Waals surface area contributed by atoms with Crippen LogP contribution < -0.4 is 4.90 Å². The number of aryl methyl sites for hydroxylation is 1. The molecule has 4 rings (SSSR count). The van der Waals surface area contributed by atoms with E-state index in [0.29, 0.717) is 24.5 Å². The van der Waals surface area contributed by atoms with Crippen molar-refractivity contribution >= 4 is 11.6 Å². The minimum absolute atomic E-state index is 0.0558. The highest BCUT2D eigenvalue weighted by Gasteiger charge is 2.23. The fraction of sp³-hybridized carbons (Fsp3) is 0.238. The van der Waals surface area contributed by atoms with Gasteiger partial charge in [-0.15, -0.1) is 0 Å². The molecule has 1 aromatic heterocycles. The average Bonchev–Trinajstić information content (AvgIpc) is 3.18. The van der Waals surface area contributed by atoms with Crippen LogP contribution in [0.2, 0.25) is 0 Å². The summed E-state index contributed by atoms with van der Waals surface area (Å²) in [6.07, 6.45) is 0. The van der Waals surface area contributed by atoms with Gasteiger partial charge in [0.15, 0.2) is 0 Å². The first-order chi connectivity index (χ1) is 13.1. The van der Waals surface area contributed by atoms with E-state index in [9.17, 15) is 9.18 Å². The van der Waals surface area contributed by atoms with Crippen molar-refractivity contribution in [1.29, 1.82) is 0 Å². The standard InChI is InChI=1S/C21H21FN4O/c1-15-3-2-4-18(13-15)25-9-11-26(12-10-25)21(27)20-14-19(23-24-20)16-5-7-17(22)8-6-16/h2-8,13-14H,9-12H2,1H3,(H,23,24). The van der Waals surface area contributed by atoms with Gasteiger partial charge >= 0.3 is 0 Å². The van der Waals surface area contributed by atoms with Gasteiger partial charge in [-0.2, -0.15) is 5.10 Å². The number of aromatic amines is 1. The van der Waals surface area contributed by atoms with Gasteiger partial charge in [-0.25, -0.2) is 4.39 Å². The lowest BCUT2D eigenvalue weighted by atomic mass is 10.1. The fourth-order valence-electron chi connectivity index (χ4n) is 3.36. The summed E-state index contributed by atoms with van der Waals surface area (Å²) in [6.45, 7) is 5.01. The molecule has 1 amide bonds. The zero-order chi connectivity index (χ0) is 18.8. The third kappa shape index (κ3) is 3.69. The Balaban J connectivity index is 1.42. The van der Waals surface area contributed by atoms with Crippen LogP contribution >= 0.6 is 0 Å². The number of anilines is 1. The van der Waals surface area contributed by atoms with E-state index >= 15 is 0 Å². The van der Waals surface area contributed by atoms with E-state index in [2.05, 4.69) is 46.3 Å². The molecule has 0 atom stereocenters. The highest BCUT2D eigenvalue weighted by atomic mass is 19.1. The smallest absolute Gasteiger partial charge is 0.272 e. The minimum Gasteiger partial charge on any atom is -0.368 e. The summed E-state index contributed by atoms with van der Waals surface area (Å²) < 4.78 is 13.1. The molecule has 3 aromatic rings. The van der Waals surface area contributed by atoms with Crippen LogP contribution in [0.4, 0.5) is 10.1 Å². The third-order valence-electron chi connectivity index (χ3n) is 4.88. The predicted octanol–water partition coefficient (Wildman–Crippen LogP) is 3.49. The molecule has 1 aliphatic heterocycles. The van der Waals surface area contributed by atoms with Gasteiger partial charge in [-0.3, -0.25) is 9.89 Å². The lowest BCUT2D eigenvalue weighted by Gasteiger charge is -2.36. The van der Waals surface area contributed by atoms with Crippen molar-refractivity contribution in [3.8, 4) is 11.3 Å². The van der Waals surface area contributed by atoms with Crippen LogP contribution in [0, 0.1) is 12.7 Å². The molecule has 1 saturated heterocycles. The molecular weight excluding hydrogens is 343 g/mol. The topological polar surface area (TPSA) is 52.2 Å². The fourth-order valence-corrected chi connectivity index (χ4v) is 3.36. The SMILES string of the molecule is Cc1cccc(N2CCN(C(=O)c3cc(-c4ccc(F)cc4)n[nH]3)CC2)c1. The lowest BCUT2D eigenvalue weighted by molar-refractivity contribution is 0.0741. The van der Waals surface area contributed by atoms with Crippen molar-refractivity contribution in [1.82, 2.24) is 15.1 Å². The van der Waals surface area contributed by atoms with Gasteiger partial charge in [0.25, 0.3) is 5.91 Å². The first-order valence-corrected chi connectivity index (χ1v) is 9.02. The van der Waals surface area contributed by atoms with Crippen molar-refractivity contribution in [3.63, 3.8) is 0 Å². The molecule has 27 heavy (non-hydrogen) atoms. The maximum Gasteiger partial charge on any atom is 0.272 e. The van der Waals surface area contributed by atoms with Crippen LogP contribution in [0.15, 0.2) is 54.6 Å². The first-order valence-electron chi connectivity index (χ1n) is 9.02. The van der Waals surface area contributed by atoms with E-state index in [1.54, 1.807) is 18.2 Å². The predicted molar refractivity (Wildman–Crippen MR) is 103 cm³/mol. The number of halogens is 1. The molecule has 1 aliphatic rings. The first kappa shape index (κ1) is 17.3. The lowest BCUT2D eigenvalue weighted by Crippen LogP contribution is -2.48. The van der Waals surface area contributed by atoms with Crippen molar-refractivity contribution in [2.45, 2.75) is 6.92 Å². The zero-order valence-corrected chi connectivity index (χ0v) is 15.2. The number of H-pyrrole nitrogens is 1. The normalized spacial score (nSPS) is 14.4. The molecular formula is C21H21FN4O. The molecule has 2 heterocycles. The molecule has 0 unspecified atom stereocenters. The second-order valence-electron chi connectivity index (χ2n) is 6.79. The zero-order valence-electron chi connectivity index (χ0n) is 15.2. The van der Waals surface area contributed by atoms with E-state index in [-0.39, 0.29) is 11.7 Å². The second kappa shape index (κ2) is 7.23. The summed E-state index contributed by atoms with van der Waals surface area (Å²) in [5, 5.41) is 7.02. The van der Waals surface area contributed by atoms with E-state index in [4.69, 9.17) is 0 Å². The van der Waals surface area contributed by atoms with E-state index in [0.717, 1.165) is 18.7 Å². The number of aromatic nitrogens is 2. The van der Waals surface area contributed by atoms with Crippen LogP contribution in [0.3, 0.4) is 0 Å². The molecule has 0 saturated carbocycles. The number of piperazine rings is 1. The van der Waals surface area contributed by atoms with Gasteiger partial charge in [-0.1, -0.05) is 12.1 Å². The van der Waals surface area contributed by atoms with E-state index in [1.807, 2.05) is 4.90 Å². The summed E-state index contributed by atoms with van der Waals surface area (Å²) in [5.74, 6) is -0.350. The van der Waals surface area contributed by atoms with E-state index < -0.39 is 0 Å². The maximum absolute atomic E-state index is 13.1. The number of nitrogens with one attached hydrogen (secondary N) is 1. The summed E-state index contributed by atoms with van der Waals surface area (Å²) in [6, 6.07) is 16.2. The van der Waals surface area contributed by atoms with Crippen LogP contribution in [0.25, 0.3) is 11.3 Å². The monoisotopic (exact) mass is 364 g/mol. The Morgan fingerprint density at radius 2 is 1.78 bits per heavy atom. The molecule has 1 N–H and O–H groups in total. The largest absolute Gasteiger partial charge is 0.368 e. The summed E-state index contributed by atoms with van der Waals surface area (Å²) in [7, 11) is 0. The molecule has 0 spiro atoms. The molecule has 5 nitrogen and oxygen atoms in total. The molecule has 0 bridgehead atoms. The Morgan fingerprint density at radius 3 is 2.48 bits per heavy atom. The van der Waals surface area contributed by atoms with Crippen LogP contribution in [-0.2, 0) is 0 Å². The number of amides is 1. The Labute approximate surface area is 157 Å². The van der Waals surface area contributed by atoms with Gasteiger partial charge in [0.1, 0.15) is 11.5 Å². The van der Waals surface area contributed by atoms with Gasteiger partial charge < -0.3 is 9.80 Å². The molecule has 2 aromatic carbocycles. The van der Waals surface area contributed by atoms with Crippen molar-refractivity contribution in [2.75, 3.05) is 31.1 Å². The summed E-state index contributed by atoms with van der Waals surface area (Å²) >= 11 is 0. The Bertz CT molecular complexity index is 943. The minimum atomic E-state index is -0.294. The highest BCUT2D eigenvalue weighted by Crippen LogP contribution is 2.21. The highest BCUT2D eigenvalue weighted by molar-refractivity contribution is 5.93. The summed E-state index contributed by atoms with van der Waals surface area (Å²) in [4.78, 5) is 16.9. The molecule has 1 fully saturated rings. The van der Waals surface area contributed by atoms with Crippen molar-refractivity contribution in [2.24, 2.45) is 0 Å². The number of benzene rings is 2. The number of nitrogens with zero attached hydrogens (tertiary/aromatic N) is 3. The Kier molecular flexibility index (Phi) is 4.62. The van der Waals surface area contributed by atoms with Gasteiger partial charge in [0.2, 0.25) is 0 Å². The van der Waals surface area contributed by atoms with Gasteiger partial charge in [0, 0.05) is 37.4 Å². The molecule has 6 heteroatoms. The van der Waals surface area contributed by atoms with Gasteiger partial charge in [-0.05, 0) is 55.0 Å². The molecule has 0 aliphatic carbocycles. The van der Waals surface area contributed by atoms with Crippen LogP contribution in [0.1, 0.15) is 16.1 Å². The number of carbonyl (C=O) groups excluding carboxylic acids is 1.